The van der Waals surface area contributed by atoms with Crippen LogP contribution in [0.4, 0.5) is 5.69 Å². The van der Waals surface area contributed by atoms with Crippen molar-refractivity contribution in [3.05, 3.63) is 65.5 Å². The van der Waals surface area contributed by atoms with Crippen LogP contribution in [-0.2, 0) is 21.4 Å². The molecule has 10 heteroatoms. The fourth-order valence-electron chi connectivity index (χ4n) is 2.96. The van der Waals surface area contributed by atoms with Gasteiger partial charge in [0, 0.05) is 10.6 Å². The Morgan fingerprint density at radius 1 is 1.17 bits per heavy atom. The Labute approximate surface area is 179 Å². The van der Waals surface area contributed by atoms with E-state index in [1.54, 1.807) is 61.5 Å². The second-order valence-electron chi connectivity index (χ2n) is 6.55. The van der Waals surface area contributed by atoms with E-state index in [1.807, 2.05) is 0 Å². The number of aromatic nitrogens is 2. The van der Waals surface area contributed by atoms with Gasteiger partial charge in [0.05, 0.1) is 18.5 Å². The highest BCUT2D eigenvalue weighted by molar-refractivity contribution is 7.92. The molecule has 0 bridgehead atoms. The fraction of sp³-hybridized carbons (Fsp3) is 0.250. The predicted molar refractivity (Wildman–Crippen MR) is 114 cm³/mol. The zero-order valence-corrected chi connectivity index (χ0v) is 18.0. The Balaban J connectivity index is 1.73. The summed E-state index contributed by atoms with van der Waals surface area (Å²) < 4.78 is 31.1. The van der Waals surface area contributed by atoms with E-state index < -0.39 is 22.0 Å². The van der Waals surface area contributed by atoms with Crippen molar-refractivity contribution in [3.63, 3.8) is 0 Å². The van der Waals surface area contributed by atoms with Crippen molar-refractivity contribution in [1.29, 1.82) is 0 Å². The summed E-state index contributed by atoms with van der Waals surface area (Å²) in [5.74, 6) is 0.108. The van der Waals surface area contributed by atoms with Crippen LogP contribution in [0, 0.1) is 0 Å². The summed E-state index contributed by atoms with van der Waals surface area (Å²) in [5.41, 5.74) is 1.14. The van der Waals surface area contributed by atoms with Gasteiger partial charge >= 0.3 is 0 Å². The molecule has 8 nitrogen and oxygen atoms in total. The largest absolute Gasteiger partial charge is 0.345 e. The average molecular weight is 449 g/mol. The van der Waals surface area contributed by atoms with Crippen LogP contribution in [0.2, 0.25) is 5.02 Å². The summed E-state index contributed by atoms with van der Waals surface area (Å²) in [6.07, 6.45) is 1.36. The van der Waals surface area contributed by atoms with Crippen molar-refractivity contribution in [3.8, 4) is 11.4 Å². The van der Waals surface area contributed by atoms with E-state index in [0.29, 0.717) is 16.5 Å². The maximum absolute atomic E-state index is 12.8. The Hall–Kier alpha value is -2.91. The monoisotopic (exact) mass is 448 g/mol. The second kappa shape index (κ2) is 9.27. The van der Waals surface area contributed by atoms with E-state index in [0.717, 1.165) is 16.1 Å². The first-order valence-electron chi connectivity index (χ1n) is 9.20. The Morgan fingerprint density at radius 2 is 1.83 bits per heavy atom. The van der Waals surface area contributed by atoms with E-state index in [-0.39, 0.29) is 18.9 Å². The van der Waals surface area contributed by atoms with Crippen molar-refractivity contribution < 1.29 is 17.7 Å². The molecule has 0 saturated heterocycles. The number of para-hydroxylation sites is 1. The lowest BCUT2D eigenvalue weighted by Crippen LogP contribution is -2.49. The van der Waals surface area contributed by atoms with Crippen LogP contribution in [0.15, 0.2) is 59.1 Å². The molecule has 1 amide bonds. The first-order chi connectivity index (χ1) is 14.3. The molecule has 158 valence electrons. The number of anilines is 1. The van der Waals surface area contributed by atoms with Crippen molar-refractivity contribution in [2.24, 2.45) is 0 Å². The highest BCUT2D eigenvalue weighted by Crippen LogP contribution is 2.22. The van der Waals surface area contributed by atoms with Gasteiger partial charge in [0.1, 0.15) is 6.04 Å². The molecule has 0 saturated carbocycles. The van der Waals surface area contributed by atoms with Crippen LogP contribution in [0.3, 0.4) is 0 Å². The van der Waals surface area contributed by atoms with E-state index in [9.17, 15) is 13.2 Å². The minimum absolute atomic E-state index is 0.0255. The lowest BCUT2D eigenvalue weighted by atomic mass is 10.2. The molecule has 1 N–H and O–H groups in total. The number of hydrogen-bond acceptors (Lipinski definition) is 6. The number of halogens is 1. The number of hydrogen-bond donors (Lipinski definition) is 1. The van der Waals surface area contributed by atoms with Gasteiger partial charge in [0.15, 0.2) is 0 Å². The maximum atomic E-state index is 12.8. The third kappa shape index (κ3) is 5.17. The number of nitrogens with zero attached hydrogens (tertiary/aromatic N) is 3. The molecule has 1 atom stereocenters. The molecule has 2 aromatic carbocycles. The molecule has 0 radical (unpaired) electrons. The van der Waals surface area contributed by atoms with Crippen LogP contribution < -0.4 is 9.62 Å². The molecule has 3 rings (SSSR count). The summed E-state index contributed by atoms with van der Waals surface area (Å²) >= 11 is 5.88. The smallest absolute Gasteiger partial charge is 0.246 e. The Bertz CT molecular complexity index is 1100. The fourth-order valence-corrected chi connectivity index (χ4v) is 4.30. The van der Waals surface area contributed by atoms with Crippen LogP contribution >= 0.6 is 11.6 Å². The van der Waals surface area contributed by atoms with Gasteiger partial charge in [-0.1, -0.05) is 41.9 Å². The Kier molecular flexibility index (Phi) is 6.73. The van der Waals surface area contributed by atoms with Gasteiger partial charge in [-0.05, 0) is 42.8 Å². The first-order valence-corrected chi connectivity index (χ1v) is 11.4. The van der Waals surface area contributed by atoms with E-state index in [4.69, 9.17) is 16.1 Å². The quantitative estimate of drug-likeness (QED) is 0.567. The summed E-state index contributed by atoms with van der Waals surface area (Å²) in [7, 11) is -3.68. The Morgan fingerprint density at radius 3 is 2.43 bits per heavy atom. The van der Waals surface area contributed by atoms with Gasteiger partial charge in [-0.25, -0.2) is 8.42 Å². The van der Waals surface area contributed by atoms with Crippen molar-refractivity contribution in [1.82, 2.24) is 15.5 Å². The number of amides is 1. The molecule has 3 aromatic rings. The molecule has 0 aliphatic rings. The molecule has 0 spiro atoms. The summed E-state index contributed by atoms with van der Waals surface area (Å²) in [6.45, 7) is 1.72. The molecular formula is C20H21ClN4O4S. The van der Waals surface area contributed by atoms with E-state index >= 15 is 0 Å². The standard InChI is InChI=1S/C20H21ClN4O4S/c1-3-17(25(30(2,27)28)16-7-5-4-6-8-16)20(26)22-13-18-23-19(24-29-18)14-9-11-15(21)12-10-14/h4-12,17H,3,13H2,1-2H3,(H,22,26)/t17-/m0/s1. The van der Waals surface area contributed by atoms with Crippen molar-refractivity contribution >= 4 is 33.2 Å². The number of sulfonamides is 1. The molecule has 0 fully saturated rings. The summed E-state index contributed by atoms with van der Waals surface area (Å²) in [5, 5.41) is 7.17. The third-order valence-electron chi connectivity index (χ3n) is 4.32. The lowest BCUT2D eigenvalue weighted by molar-refractivity contribution is -0.122. The average Bonchev–Trinajstić information content (AvgIpc) is 3.19. The van der Waals surface area contributed by atoms with Crippen LogP contribution in [0.1, 0.15) is 19.2 Å². The normalized spacial score (nSPS) is 12.4. The van der Waals surface area contributed by atoms with E-state index in [1.165, 1.54) is 0 Å². The highest BCUT2D eigenvalue weighted by atomic mass is 35.5. The molecule has 0 aliphatic heterocycles. The van der Waals surface area contributed by atoms with Gasteiger partial charge < -0.3 is 9.84 Å². The highest BCUT2D eigenvalue weighted by Gasteiger charge is 2.31. The molecule has 30 heavy (non-hydrogen) atoms. The van der Waals surface area contributed by atoms with Gasteiger partial charge in [-0.15, -0.1) is 0 Å². The third-order valence-corrected chi connectivity index (χ3v) is 5.76. The topological polar surface area (TPSA) is 105 Å². The van der Waals surface area contributed by atoms with Crippen LogP contribution in [0.25, 0.3) is 11.4 Å². The number of benzene rings is 2. The number of carbonyl (C=O) groups is 1. The minimum atomic E-state index is -3.68. The molecule has 0 unspecified atom stereocenters. The number of rotatable bonds is 8. The molecule has 1 heterocycles. The lowest BCUT2D eigenvalue weighted by Gasteiger charge is -2.29. The van der Waals surface area contributed by atoms with E-state index in [2.05, 4.69) is 15.5 Å². The summed E-state index contributed by atoms with van der Waals surface area (Å²) in [4.78, 5) is 17.1. The summed E-state index contributed by atoms with van der Waals surface area (Å²) in [6, 6.07) is 14.5. The predicted octanol–water partition coefficient (Wildman–Crippen LogP) is 3.25. The van der Waals surface area contributed by atoms with Crippen LogP contribution in [-0.4, -0.2) is 36.8 Å². The zero-order chi connectivity index (χ0) is 21.7. The van der Waals surface area contributed by atoms with Gasteiger partial charge in [0.25, 0.3) is 0 Å². The van der Waals surface area contributed by atoms with Crippen molar-refractivity contribution in [2.45, 2.75) is 25.9 Å². The van der Waals surface area contributed by atoms with Crippen molar-refractivity contribution in [2.75, 3.05) is 10.6 Å². The van der Waals surface area contributed by atoms with Crippen LogP contribution in [0.5, 0.6) is 0 Å². The SMILES string of the molecule is CC[C@@H](C(=O)NCc1nc(-c2ccc(Cl)cc2)no1)N(c1ccccc1)S(C)(=O)=O. The maximum Gasteiger partial charge on any atom is 0.246 e. The van der Waals surface area contributed by atoms with Gasteiger partial charge in [0.2, 0.25) is 27.6 Å². The first kappa shape index (κ1) is 21.8. The molecular weight excluding hydrogens is 428 g/mol. The van der Waals surface area contributed by atoms with Gasteiger partial charge in [-0.3, -0.25) is 9.10 Å². The molecule has 1 aromatic heterocycles. The second-order valence-corrected chi connectivity index (χ2v) is 8.85. The molecule has 0 aliphatic carbocycles. The van der Waals surface area contributed by atoms with Gasteiger partial charge in [-0.2, -0.15) is 4.98 Å². The number of carbonyl (C=O) groups excluding carboxylic acids is 1. The number of nitrogens with one attached hydrogen (secondary N) is 1. The minimum Gasteiger partial charge on any atom is -0.345 e. The zero-order valence-electron chi connectivity index (χ0n) is 16.4.